The van der Waals surface area contributed by atoms with Crippen molar-refractivity contribution in [3.63, 3.8) is 0 Å². The van der Waals surface area contributed by atoms with Gasteiger partial charge in [-0.15, -0.1) is 0 Å². The maximum Gasteiger partial charge on any atom is 0.267 e. The first-order valence-electron chi connectivity index (χ1n) is 4.20. The van der Waals surface area contributed by atoms with Crippen LogP contribution < -0.4 is 0 Å². The average Bonchev–Trinajstić information content (AvgIpc) is 2.24. The molecule has 0 spiro atoms. The van der Waals surface area contributed by atoms with E-state index in [-0.39, 0.29) is 0 Å². The van der Waals surface area contributed by atoms with Crippen LogP contribution in [0.3, 0.4) is 0 Å². The van der Waals surface area contributed by atoms with E-state index in [0.29, 0.717) is 0 Å². The number of hydrogen-bond acceptors (Lipinski definition) is 3. The quantitative estimate of drug-likeness (QED) is 0.596. The van der Waals surface area contributed by atoms with Crippen molar-refractivity contribution in [3.05, 3.63) is 35.8 Å². The van der Waals surface area contributed by atoms with Gasteiger partial charge in [-0.1, -0.05) is 0 Å². The van der Waals surface area contributed by atoms with Gasteiger partial charge in [-0.05, 0) is 12.1 Å². The highest BCUT2D eigenvalue weighted by Gasteiger charge is 2.28. The van der Waals surface area contributed by atoms with Crippen LogP contribution in [0.4, 0.5) is 13.2 Å². The summed E-state index contributed by atoms with van der Waals surface area (Å²) in [4.78, 5) is 1.93. The van der Waals surface area contributed by atoms with E-state index in [1.807, 2.05) is 0 Å². The molecule has 0 saturated heterocycles. The maximum atomic E-state index is 13.7. The number of hydrogen-bond donors (Lipinski definition) is 0. The third-order valence-electron chi connectivity index (χ3n) is 2.09. The van der Waals surface area contributed by atoms with E-state index in [9.17, 15) is 21.6 Å². The lowest BCUT2D eigenvalue weighted by molar-refractivity contribution is 0.470. The molecule has 0 atom stereocenters. The number of benzene rings is 1. The first-order chi connectivity index (χ1) is 7.84. The molecule has 0 fully saturated rings. The fourth-order valence-electron chi connectivity index (χ4n) is 1.39. The van der Waals surface area contributed by atoms with E-state index in [0.717, 1.165) is 12.3 Å². The Kier molecular flexibility index (Phi) is 2.75. The van der Waals surface area contributed by atoms with Crippen molar-refractivity contribution in [3.8, 4) is 0 Å². The van der Waals surface area contributed by atoms with Crippen LogP contribution in [0.15, 0.2) is 23.2 Å². The molecule has 1 heterocycles. The van der Waals surface area contributed by atoms with Gasteiger partial charge in [-0.3, -0.25) is 4.98 Å². The van der Waals surface area contributed by atoms with Crippen LogP contribution in [-0.4, -0.2) is 13.4 Å². The zero-order chi connectivity index (χ0) is 12.8. The second-order valence-electron chi connectivity index (χ2n) is 3.11. The summed E-state index contributed by atoms with van der Waals surface area (Å²) < 4.78 is 62.4. The highest BCUT2D eigenvalue weighted by atomic mass is 35.7. The average molecular weight is 282 g/mol. The summed E-state index contributed by atoms with van der Waals surface area (Å²) >= 11 is 0. The Morgan fingerprint density at radius 2 is 1.76 bits per heavy atom. The summed E-state index contributed by atoms with van der Waals surface area (Å²) in [5, 5.41) is -0.452. The fourth-order valence-corrected chi connectivity index (χ4v) is 2.41. The van der Waals surface area contributed by atoms with Crippen LogP contribution in [0.25, 0.3) is 10.9 Å². The van der Waals surface area contributed by atoms with E-state index in [2.05, 4.69) is 4.98 Å². The smallest absolute Gasteiger partial charge is 0.253 e. The Bertz CT molecular complexity index is 718. The van der Waals surface area contributed by atoms with Crippen molar-refractivity contribution in [2.45, 2.75) is 4.90 Å². The number of nitrogens with zero attached hydrogens (tertiary/aromatic N) is 1. The molecule has 0 aliphatic heterocycles. The predicted molar refractivity (Wildman–Crippen MR) is 54.7 cm³/mol. The van der Waals surface area contributed by atoms with Crippen LogP contribution >= 0.6 is 10.7 Å². The second kappa shape index (κ2) is 3.85. The number of fused-ring (bicyclic) bond motifs is 1. The fraction of sp³-hybridized carbons (Fsp3) is 0. The van der Waals surface area contributed by atoms with Crippen molar-refractivity contribution in [1.29, 1.82) is 0 Å². The molecular weight excluding hydrogens is 279 g/mol. The van der Waals surface area contributed by atoms with Gasteiger partial charge in [0.15, 0.2) is 22.3 Å². The third-order valence-corrected chi connectivity index (χ3v) is 3.40. The number of aromatic nitrogens is 1. The number of halogens is 4. The van der Waals surface area contributed by atoms with Gasteiger partial charge in [0.25, 0.3) is 9.05 Å². The van der Waals surface area contributed by atoms with Crippen LogP contribution in [0.5, 0.6) is 0 Å². The van der Waals surface area contributed by atoms with E-state index in [1.165, 1.54) is 6.07 Å². The summed E-state index contributed by atoms with van der Waals surface area (Å²) in [6, 6.07) is 2.34. The summed E-state index contributed by atoms with van der Waals surface area (Å²) in [6.45, 7) is 0. The monoisotopic (exact) mass is 281 g/mol. The SMILES string of the molecule is O=S(=O)(Cl)c1c(F)c(F)c2cccnc2c1F. The lowest BCUT2D eigenvalue weighted by Gasteiger charge is -2.06. The first-order valence-corrected chi connectivity index (χ1v) is 6.51. The Labute approximate surface area is 98.3 Å². The van der Waals surface area contributed by atoms with Gasteiger partial charge >= 0.3 is 0 Å². The van der Waals surface area contributed by atoms with Crippen LogP contribution in [-0.2, 0) is 9.05 Å². The van der Waals surface area contributed by atoms with Crippen LogP contribution in [0.1, 0.15) is 0 Å². The van der Waals surface area contributed by atoms with E-state index in [1.54, 1.807) is 0 Å². The minimum Gasteiger partial charge on any atom is -0.253 e. The summed E-state index contributed by atoms with van der Waals surface area (Å²) in [5.74, 6) is -4.86. The highest BCUT2D eigenvalue weighted by molar-refractivity contribution is 8.13. The molecule has 0 unspecified atom stereocenters. The zero-order valence-electron chi connectivity index (χ0n) is 7.92. The molecule has 90 valence electrons. The molecule has 0 aliphatic carbocycles. The molecular formula is C9H3ClF3NO2S. The summed E-state index contributed by atoms with van der Waals surface area (Å²) in [7, 11) is 0.103. The lowest BCUT2D eigenvalue weighted by Crippen LogP contribution is -2.05. The summed E-state index contributed by atoms with van der Waals surface area (Å²) in [6.07, 6.45) is 1.12. The molecule has 1 aromatic carbocycles. The maximum absolute atomic E-state index is 13.7. The number of rotatable bonds is 1. The molecule has 2 aromatic rings. The minimum atomic E-state index is -4.74. The van der Waals surface area contributed by atoms with Gasteiger partial charge in [0, 0.05) is 22.3 Å². The molecule has 0 radical (unpaired) electrons. The largest absolute Gasteiger partial charge is 0.267 e. The Balaban J connectivity index is 3.08. The van der Waals surface area contributed by atoms with Gasteiger partial charge in [-0.2, -0.15) is 0 Å². The Hall–Kier alpha value is -1.34. The minimum absolute atomic E-state index is 0.452. The number of pyridine rings is 1. The topological polar surface area (TPSA) is 47.0 Å². The molecule has 0 aliphatic rings. The van der Waals surface area contributed by atoms with E-state index in [4.69, 9.17) is 10.7 Å². The van der Waals surface area contributed by atoms with Crippen molar-refractivity contribution in [1.82, 2.24) is 4.98 Å². The van der Waals surface area contributed by atoms with Crippen molar-refractivity contribution < 1.29 is 21.6 Å². The predicted octanol–water partition coefficient (Wildman–Crippen LogP) is 2.58. The van der Waals surface area contributed by atoms with Gasteiger partial charge in [0.05, 0.1) is 0 Å². The molecule has 0 bridgehead atoms. The van der Waals surface area contributed by atoms with E-state index >= 15 is 0 Å². The second-order valence-corrected chi connectivity index (χ2v) is 5.61. The van der Waals surface area contributed by atoms with Gasteiger partial charge in [0.1, 0.15) is 5.52 Å². The van der Waals surface area contributed by atoms with Crippen molar-refractivity contribution in [2.75, 3.05) is 0 Å². The van der Waals surface area contributed by atoms with Crippen molar-refractivity contribution in [2.24, 2.45) is 0 Å². The first kappa shape index (κ1) is 12.1. The molecule has 0 amide bonds. The third kappa shape index (κ3) is 1.85. The summed E-state index contributed by atoms with van der Waals surface area (Å²) in [5.41, 5.74) is -0.592. The highest BCUT2D eigenvalue weighted by Crippen LogP contribution is 2.30. The van der Waals surface area contributed by atoms with Crippen LogP contribution in [0.2, 0.25) is 0 Å². The van der Waals surface area contributed by atoms with E-state index < -0.39 is 42.3 Å². The van der Waals surface area contributed by atoms with Gasteiger partial charge in [0.2, 0.25) is 0 Å². The molecule has 2 rings (SSSR count). The standard InChI is InChI=1S/C9H3ClF3NO2S/c10-17(15,16)9-6(12)5(11)4-2-1-3-14-8(4)7(9)13/h1-3H. The molecule has 0 saturated carbocycles. The van der Waals surface area contributed by atoms with Gasteiger partial charge in [-0.25, -0.2) is 21.6 Å². The Morgan fingerprint density at radius 1 is 1.12 bits per heavy atom. The molecule has 8 heteroatoms. The van der Waals surface area contributed by atoms with Crippen molar-refractivity contribution >= 4 is 30.6 Å². The lowest BCUT2D eigenvalue weighted by atomic mass is 10.2. The molecule has 0 N–H and O–H groups in total. The molecule has 1 aromatic heterocycles. The van der Waals surface area contributed by atoms with Gasteiger partial charge < -0.3 is 0 Å². The van der Waals surface area contributed by atoms with Crippen LogP contribution in [0, 0.1) is 17.5 Å². The Morgan fingerprint density at radius 3 is 2.35 bits per heavy atom. The normalized spacial score (nSPS) is 12.0. The molecule has 3 nitrogen and oxygen atoms in total. The molecule has 17 heavy (non-hydrogen) atoms. The zero-order valence-corrected chi connectivity index (χ0v) is 9.49.